The molecule has 5 rings (SSSR count). The fourth-order valence-corrected chi connectivity index (χ4v) is 4.62. The van der Waals surface area contributed by atoms with Gasteiger partial charge in [0, 0.05) is 48.8 Å². The minimum absolute atomic E-state index is 0.0867. The van der Waals surface area contributed by atoms with Crippen LogP contribution in [0.2, 0.25) is 0 Å². The van der Waals surface area contributed by atoms with Gasteiger partial charge in [-0.2, -0.15) is 0 Å². The van der Waals surface area contributed by atoms with Crippen LogP contribution < -0.4 is 25.0 Å². The van der Waals surface area contributed by atoms with Crippen LogP contribution in [-0.2, 0) is 15.2 Å². The van der Waals surface area contributed by atoms with Gasteiger partial charge >= 0.3 is 0 Å². The lowest BCUT2D eigenvalue weighted by molar-refractivity contribution is -0.117. The van der Waals surface area contributed by atoms with Gasteiger partial charge in [0.05, 0.1) is 24.7 Å². The van der Waals surface area contributed by atoms with Gasteiger partial charge in [-0.3, -0.25) is 9.59 Å². The van der Waals surface area contributed by atoms with Gasteiger partial charge in [0.1, 0.15) is 28.7 Å². The van der Waals surface area contributed by atoms with Gasteiger partial charge in [0.15, 0.2) is 0 Å². The highest BCUT2D eigenvalue weighted by molar-refractivity contribution is 5.96. The van der Waals surface area contributed by atoms with Gasteiger partial charge in [-0.05, 0) is 38.5 Å². The molecule has 1 fully saturated rings. The van der Waals surface area contributed by atoms with E-state index in [-0.39, 0.29) is 23.4 Å². The number of nitrogens with zero attached hydrogens (tertiary/aromatic N) is 3. The molecule has 10 heteroatoms. The standard InChI is InChI=1S/C26H26FN5O4/c1-14(33)30-20-8-15(12-29-25(20)35-4)31-23-10-18-17(13-28-23)16-9-19(27)21(32-7-5-6-24(32)34)11-22(16)36-26(18,2)3/h8-13H,5-7H2,1-4H3,(H,28,31)(H,30,33). The molecule has 2 aliphatic rings. The van der Waals surface area contributed by atoms with E-state index in [4.69, 9.17) is 9.47 Å². The van der Waals surface area contributed by atoms with Crippen LogP contribution in [0.15, 0.2) is 36.7 Å². The monoisotopic (exact) mass is 491 g/mol. The Morgan fingerprint density at radius 1 is 1.17 bits per heavy atom. The van der Waals surface area contributed by atoms with Crippen molar-refractivity contribution < 1.29 is 23.5 Å². The summed E-state index contributed by atoms with van der Waals surface area (Å²) in [4.78, 5) is 33.9. The van der Waals surface area contributed by atoms with Crippen molar-refractivity contribution in [2.75, 3.05) is 29.2 Å². The number of carbonyl (C=O) groups excluding carboxylic acids is 2. The molecule has 0 aliphatic carbocycles. The molecule has 1 aromatic carbocycles. The quantitative estimate of drug-likeness (QED) is 0.531. The number of halogens is 1. The molecule has 2 amide bonds. The van der Waals surface area contributed by atoms with E-state index in [9.17, 15) is 9.59 Å². The number of hydrogen-bond acceptors (Lipinski definition) is 7. The second-order valence-corrected chi connectivity index (χ2v) is 9.26. The third-order valence-corrected chi connectivity index (χ3v) is 6.25. The van der Waals surface area contributed by atoms with Gasteiger partial charge < -0.3 is 25.0 Å². The molecule has 3 aromatic rings. The summed E-state index contributed by atoms with van der Waals surface area (Å²) >= 11 is 0. The second-order valence-electron chi connectivity index (χ2n) is 9.26. The summed E-state index contributed by atoms with van der Waals surface area (Å²) < 4.78 is 26.6. The van der Waals surface area contributed by atoms with E-state index >= 15 is 4.39 Å². The van der Waals surface area contributed by atoms with Crippen molar-refractivity contribution in [1.29, 1.82) is 0 Å². The zero-order valence-corrected chi connectivity index (χ0v) is 20.4. The van der Waals surface area contributed by atoms with Crippen LogP contribution >= 0.6 is 0 Å². The van der Waals surface area contributed by atoms with Crippen molar-refractivity contribution in [3.63, 3.8) is 0 Å². The zero-order valence-electron chi connectivity index (χ0n) is 20.4. The second kappa shape index (κ2) is 8.78. The first kappa shape index (κ1) is 23.5. The Bertz CT molecular complexity index is 1390. The van der Waals surface area contributed by atoms with Gasteiger partial charge in [-0.25, -0.2) is 14.4 Å². The molecule has 9 nitrogen and oxygen atoms in total. The average molecular weight is 492 g/mol. The summed E-state index contributed by atoms with van der Waals surface area (Å²) in [6, 6.07) is 6.56. The number of amides is 2. The Balaban J connectivity index is 1.50. The van der Waals surface area contributed by atoms with E-state index in [0.29, 0.717) is 47.9 Å². The first-order valence-corrected chi connectivity index (χ1v) is 11.6. The molecule has 186 valence electrons. The Kier molecular flexibility index (Phi) is 5.74. The fourth-order valence-electron chi connectivity index (χ4n) is 4.62. The van der Waals surface area contributed by atoms with Crippen molar-refractivity contribution >= 4 is 34.7 Å². The first-order chi connectivity index (χ1) is 17.2. The predicted molar refractivity (Wildman–Crippen MR) is 133 cm³/mol. The van der Waals surface area contributed by atoms with Crippen molar-refractivity contribution in [3.05, 3.63) is 48.0 Å². The van der Waals surface area contributed by atoms with Crippen molar-refractivity contribution in [2.24, 2.45) is 0 Å². The normalized spacial score (nSPS) is 15.6. The highest BCUT2D eigenvalue weighted by atomic mass is 19.1. The molecule has 0 bridgehead atoms. The summed E-state index contributed by atoms with van der Waals surface area (Å²) in [5, 5.41) is 5.88. The van der Waals surface area contributed by atoms with Crippen LogP contribution in [0.25, 0.3) is 11.1 Å². The molecular formula is C26H26FN5O4. The topological polar surface area (TPSA) is 106 Å². The van der Waals surface area contributed by atoms with E-state index in [1.54, 1.807) is 24.5 Å². The number of ether oxygens (including phenoxy) is 2. The lowest BCUT2D eigenvalue weighted by Gasteiger charge is -2.35. The Hall–Kier alpha value is -4.21. The maximum absolute atomic E-state index is 15.1. The maximum atomic E-state index is 15.1. The molecule has 2 aromatic heterocycles. The van der Waals surface area contributed by atoms with E-state index in [1.165, 1.54) is 25.0 Å². The van der Waals surface area contributed by atoms with Gasteiger partial charge in [0.25, 0.3) is 0 Å². The van der Waals surface area contributed by atoms with Crippen molar-refractivity contribution in [2.45, 2.75) is 39.2 Å². The number of rotatable bonds is 5. The number of aromatic nitrogens is 2. The Morgan fingerprint density at radius 3 is 2.67 bits per heavy atom. The molecule has 2 aliphatic heterocycles. The van der Waals surface area contributed by atoms with E-state index < -0.39 is 11.4 Å². The summed E-state index contributed by atoms with van der Waals surface area (Å²) in [5.74, 6) is 0.505. The molecule has 0 atom stereocenters. The third kappa shape index (κ3) is 4.19. The maximum Gasteiger partial charge on any atom is 0.237 e. The average Bonchev–Trinajstić information content (AvgIpc) is 3.25. The number of fused-ring (bicyclic) bond motifs is 3. The Morgan fingerprint density at radius 2 is 1.97 bits per heavy atom. The highest BCUT2D eigenvalue weighted by Crippen LogP contribution is 2.48. The van der Waals surface area contributed by atoms with Crippen molar-refractivity contribution in [1.82, 2.24) is 9.97 Å². The lowest BCUT2D eigenvalue weighted by Crippen LogP contribution is -2.30. The highest BCUT2D eigenvalue weighted by Gasteiger charge is 2.35. The lowest BCUT2D eigenvalue weighted by atomic mass is 9.87. The van der Waals surface area contributed by atoms with Crippen LogP contribution in [0, 0.1) is 5.82 Å². The van der Waals surface area contributed by atoms with E-state index in [1.807, 2.05) is 19.9 Å². The van der Waals surface area contributed by atoms with Crippen molar-refractivity contribution in [3.8, 4) is 22.8 Å². The number of carbonyl (C=O) groups is 2. The van der Waals surface area contributed by atoms with Crippen LogP contribution in [0.3, 0.4) is 0 Å². The number of methoxy groups -OCH3 is 1. The molecular weight excluding hydrogens is 465 g/mol. The number of nitrogens with one attached hydrogen (secondary N) is 2. The van der Waals surface area contributed by atoms with E-state index in [2.05, 4.69) is 20.6 Å². The number of benzene rings is 1. The minimum Gasteiger partial charge on any atom is -0.482 e. The van der Waals surface area contributed by atoms with Crippen LogP contribution in [0.5, 0.6) is 11.6 Å². The first-order valence-electron chi connectivity index (χ1n) is 11.6. The smallest absolute Gasteiger partial charge is 0.237 e. The molecule has 2 N–H and O–H groups in total. The van der Waals surface area contributed by atoms with Crippen LogP contribution in [-0.4, -0.2) is 35.4 Å². The van der Waals surface area contributed by atoms with Crippen LogP contribution in [0.1, 0.15) is 39.2 Å². The number of anilines is 4. The van der Waals surface area contributed by atoms with E-state index in [0.717, 1.165) is 11.1 Å². The van der Waals surface area contributed by atoms with Gasteiger partial charge in [-0.15, -0.1) is 0 Å². The molecule has 0 saturated carbocycles. The van der Waals surface area contributed by atoms with Gasteiger partial charge in [-0.1, -0.05) is 0 Å². The number of pyridine rings is 2. The molecule has 1 saturated heterocycles. The summed E-state index contributed by atoms with van der Waals surface area (Å²) in [7, 11) is 1.47. The molecule has 0 radical (unpaired) electrons. The summed E-state index contributed by atoms with van der Waals surface area (Å²) in [6.07, 6.45) is 4.37. The third-order valence-electron chi connectivity index (χ3n) is 6.25. The molecule has 0 unspecified atom stereocenters. The summed E-state index contributed by atoms with van der Waals surface area (Å²) in [6.45, 7) is 5.74. The predicted octanol–water partition coefficient (Wildman–Crippen LogP) is 4.75. The molecule has 0 spiro atoms. The summed E-state index contributed by atoms with van der Waals surface area (Å²) in [5.41, 5.74) is 2.66. The molecule has 36 heavy (non-hydrogen) atoms. The SMILES string of the molecule is COc1ncc(Nc2cc3c(cn2)-c2cc(F)c(N4CCCC4=O)cc2OC3(C)C)cc1NC(C)=O. The fraction of sp³-hybridized carbons (Fsp3) is 0.308. The zero-order chi connectivity index (χ0) is 25.6. The largest absolute Gasteiger partial charge is 0.482 e. The minimum atomic E-state index is -0.745. The number of hydrogen-bond donors (Lipinski definition) is 2. The molecule has 4 heterocycles. The van der Waals surface area contributed by atoms with Gasteiger partial charge in [0.2, 0.25) is 17.7 Å². The van der Waals surface area contributed by atoms with Crippen LogP contribution in [0.4, 0.5) is 27.3 Å². The Labute approximate surface area is 207 Å².